The van der Waals surface area contributed by atoms with Crippen LogP contribution in [-0.4, -0.2) is 58.7 Å². The van der Waals surface area contributed by atoms with Crippen molar-refractivity contribution in [2.75, 3.05) is 32.0 Å². The zero-order valence-electron chi connectivity index (χ0n) is 14.6. The monoisotopic (exact) mass is 341 g/mol. The molecule has 0 unspecified atom stereocenters. The van der Waals surface area contributed by atoms with Gasteiger partial charge in [-0.25, -0.2) is 9.59 Å². The molecule has 25 heavy (non-hydrogen) atoms. The van der Waals surface area contributed by atoms with Crippen LogP contribution in [0.15, 0.2) is 30.5 Å². The van der Waals surface area contributed by atoms with Crippen molar-refractivity contribution < 1.29 is 9.59 Å². The SMILES string of the molecule is CN1C(=O)NCC12CCN(C(=O)Nc1cccc3c1ccn3C)CC2. The summed E-state index contributed by atoms with van der Waals surface area (Å²) in [5.74, 6) is 0. The van der Waals surface area contributed by atoms with Gasteiger partial charge in [0, 0.05) is 50.8 Å². The number of carbonyl (C=O) groups excluding carboxylic acids is 2. The van der Waals surface area contributed by atoms with Crippen LogP contribution in [0.1, 0.15) is 12.8 Å². The van der Waals surface area contributed by atoms with Crippen LogP contribution in [0.5, 0.6) is 0 Å². The predicted octanol–water partition coefficient (Wildman–Crippen LogP) is 2.20. The van der Waals surface area contributed by atoms with Crippen LogP contribution < -0.4 is 10.6 Å². The van der Waals surface area contributed by atoms with E-state index in [0.717, 1.165) is 29.4 Å². The van der Waals surface area contributed by atoms with E-state index in [0.29, 0.717) is 19.6 Å². The molecule has 0 aliphatic carbocycles. The lowest BCUT2D eigenvalue weighted by atomic mass is 9.87. The van der Waals surface area contributed by atoms with Crippen molar-refractivity contribution in [3.8, 4) is 0 Å². The normalized spacial score (nSPS) is 19.5. The molecule has 2 aliphatic rings. The Morgan fingerprint density at radius 3 is 2.64 bits per heavy atom. The third-order valence-electron chi connectivity index (χ3n) is 5.74. The van der Waals surface area contributed by atoms with Gasteiger partial charge < -0.3 is 25.0 Å². The summed E-state index contributed by atoms with van der Waals surface area (Å²) in [5.41, 5.74) is 1.78. The van der Waals surface area contributed by atoms with Gasteiger partial charge in [0.1, 0.15) is 0 Å². The number of fused-ring (bicyclic) bond motifs is 1. The molecule has 1 aromatic carbocycles. The highest BCUT2D eigenvalue weighted by Crippen LogP contribution is 2.31. The Kier molecular flexibility index (Phi) is 3.59. The molecule has 2 N–H and O–H groups in total. The molecule has 1 spiro atoms. The minimum atomic E-state index is -0.146. The van der Waals surface area contributed by atoms with E-state index in [1.165, 1.54) is 0 Å². The number of aromatic nitrogens is 1. The zero-order valence-corrected chi connectivity index (χ0v) is 14.6. The molecular weight excluding hydrogens is 318 g/mol. The number of anilines is 1. The summed E-state index contributed by atoms with van der Waals surface area (Å²) < 4.78 is 2.04. The molecule has 2 aromatic rings. The first-order valence-corrected chi connectivity index (χ1v) is 8.62. The largest absolute Gasteiger partial charge is 0.350 e. The van der Waals surface area contributed by atoms with Gasteiger partial charge in [-0.15, -0.1) is 0 Å². The maximum atomic E-state index is 12.7. The number of aryl methyl sites for hydroxylation is 1. The number of carbonyl (C=O) groups is 2. The highest BCUT2D eigenvalue weighted by molar-refractivity contribution is 6.00. The topological polar surface area (TPSA) is 69.6 Å². The van der Waals surface area contributed by atoms with Crippen molar-refractivity contribution in [1.82, 2.24) is 19.7 Å². The molecule has 0 radical (unpaired) electrons. The minimum absolute atomic E-state index is 0.0198. The Bertz CT molecular complexity index is 835. The smallest absolute Gasteiger partial charge is 0.321 e. The third-order valence-corrected chi connectivity index (χ3v) is 5.74. The molecule has 132 valence electrons. The van der Waals surface area contributed by atoms with Crippen molar-refractivity contribution in [3.63, 3.8) is 0 Å². The Morgan fingerprint density at radius 2 is 1.96 bits per heavy atom. The molecule has 1 aromatic heterocycles. The zero-order chi connectivity index (χ0) is 17.6. The van der Waals surface area contributed by atoms with E-state index in [-0.39, 0.29) is 17.6 Å². The highest BCUT2D eigenvalue weighted by Gasteiger charge is 2.45. The number of rotatable bonds is 1. The van der Waals surface area contributed by atoms with Crippen LogP contribution in [0.4, 0.5) is 15.3 Å². The van der Waals surface area contributed by atoms with E-state index in [9.17, 15) is 9.59 Å². The first kappa shape index (κ1) is 15.8. The lowest BCUT2D eigenvalue weighted by Crippen LogP contribution is -2.54. The van der Waals surface area contributed by atoms with Crippen molar-refractivity contribution in [2.45, 2.75) is 18.4 Å². The Hall–Kier alpha value is -2.70. The first-order valence-electron chi connectivity index (χ1n) is 8.62. The van der Waals surface area contributed by atoms with Gasteiger partial charge in [0.15, 0.2) is 0 Å². The van der Waals surface area contributed by atoms with E-state index in [1.807, 2.05) is 54.0 Å². The maximum absolute atomic E-state index is 12.7. The molecule has 2 aliphatic heterocycles. The number of likely N-dealkylation sites (tertiary alicyclic amines) is 1. The van der Waals surface area contributed by atoms with Gasteiger partial charge in [-0.2, -0.15) is 0 Å². The van der Waals surface area contributed by atoms with E-state index in [2.05, 4.69) is 10.6 Å². The van der Waals surface area contributed by atoms with Crippen molar-refractivity contribution in [2.24, 2.45) is 7.05 Å². The number of likely N-dealkylation sites (N-methyl/N-ethyl adjacent to an activating group) is 1. The van der Waals surface area contributed by atoms with Crippen molar-refractivity contribution in [1.29, 1.82) is 0 Å². The van der Waals surface area contributed by atoms with Crippen molar-refractivity contribution >= 4 is 28.7 Å². The van der Waals surface area contributed by atoms with E-state index >= 15 is 0 Å². The van der Waals surface area contributed by atoms with Crippen LogP contribution in [-0.2, 0) is 7.05 Å². The molecule has 2 saturated heterocycles. The lowest BCUT2D eigenvalue weighted by molar-refractivity contribution is 0.106. The number of hydrogen-bond acceptors (Lipinski definition) is 2. The van der Waals surface area contributed by atoms with E-state index in [1.54, 1.807) is 4.90 Å². The van der Waals surface area contributed by atoms with Gasteiger partial charge in [0.05, 0.1) is 11.2 Å². The summed E-state index contributed by atoms with van der Waals surface area (Å²) in [6, 6.07) is 7.84. The summed E-state index contributed by atoms with van der Waals surface area (Å²) in [4.78, 5) is 28.1. The number of benzene rings is 1. The summed E-state index contributed by atoms with van der Waals surface area (Å²) in [6.45, 7) is 1.97. The predicted molar refractivity (Wildman–Crippen MR) is 96.6 cm³/mol. The number of amides is 4. The van der Waals surface area contributed by atoms with E-state index < -0.39 is 0 Å². The number of hydrogen-bond donors (Lipinski definition) is 2. The molecule has 3 heterocycles. The third kappa shape index (κ3) is 2.50. The fourth-order valence-corrected chi connectivity index (χ4v) is 3.94. The second-order valence-corrected chi connectivity index (χ2v) is 7.02. The van der Waals surface area contributed by atoms with Gasteiger partial charge in [-0.1, -0.05) is 6.07 Å². The van der Waals surface area contributed by atoms with Crippen LogP contribution in [0, 0.1) is 0 Å². The average Bonchev–Trinajstić information content (AvgIpc) is 3.13. The van der Waals surface area contributed by atoms with Gasteiger partial charge in [-0.3, -0.25) is 0 Å². The lowest BCUT2D eigenvalue weighted by Gasteiger charge is -2.42. The van der Waals surface area contributed by atoms with E-state index in [4.69, 9.17) is 0 Å². The summed E-state index contributed by atoms with van der Waals surface area (Å²) in [6.07, 6.45) is 3.58. The Labute approximate surface area is 146 Å². The molecule has 0 atom stereocenters. The molecule has 7 nitrogen and oxygen atoms in total. The fourth-order valence-electron chi connectivity index (χ4n) is 3.94. The minimum Gasteiger partial charge on any atom is -0.350 e. The second kappa shape index (κ2) is 5.68. The van der Waals surface area contributed by atoms with Gasteiger partial charge in [0.25, 0.3) is 0 Å². The quantitative estimate of drug-likeness (QED) is 0.835. The maximum Gasteiger partial charge on any atom is 0.321 e. The number of nitrogens with one attached hydrogen (secondary N) is 2. The average molecular weight is 341 g/mol. The number of urea groups is 2. The second-order valence-electron chi connectivity index (χ2n) is 7.02. The van der Waals surface area contributed by atoms with Crippen molar-refractivity contribution in [3.05, 3.63) is 30.5 Å². The van der Waals surface area contributed by atoms with Crippen LogP contribution in [0.3, 0.4) is 0 Å². The molecule has 0 saturated carbocycles. The van der Waals surface area contributed by atoms with Crippen LogP contribution >= 0.6 is 0 Å². The fraction of sp³-hybridized carbons (Fsp3) is 0.444. The summed E-state index contributed by atoms with van der Waals surface area (Å²) in [5, 5.41) is 6.99. The molecule has 0 bridgehead atoms. The highest BCUT2D eigenvalue weighted by atomic mass is 16.2. The molecule has 7 heteroatoms. The summed E-state index contributed by atoms with van der Waals surface area (Å²) >= 11 is 0. The van der Waals surface area contributed by atoms with Gasteiger partial charge in [0.2, 0.25) is 0 Å². The Balaban J connectivity index is 1.45. The molecule has 4 rings (SSSR count). The van der Waals surface area contributed by atoms with Gasteiger partial charge in [-0.05, 0) is 31.0 Å². The number of nitrogens with zero attached hydrogens (tertiary/aromatic N) is 3. The molecule has 4 amide bonds. The molecule has 2 fully saturated rings. The standard InChI is InChI=1S/C18H23N5O2/c1-21-9-6-13-14(4-3-5-15(13)21)20-17(25)23-10-7-18(8-11-23)12-19-16(24)22(18)2/h3-6,9H,7-8,10-12H2,1-2H3,(H,19,24)(H,20,25). The summed E-state index contributed by atoms with van der Waals surface area (Å²) in [7, 11) is 3.83. The number of piperidine rings is 1. The Morgan fingerprint density at radius 1 is 1.20 bits per heavy atom. The molecular formula is C18H23N5O2. The van der Waals surface area contributed by atoms with Gasteiger partial charge >= 0.3 is 12.1 Å². The van der Waals surface area contributed by atoms with Crippen LogP contribution in [0.2, 0.25) is 0 Å². The van der Waals surface area contributed by atoms with Crippen LogP contribution in [0.25, 0.3) is 10.9 Å². The first-order chi connectivity index (χ1) is 12.0.